The maximum Gasteiger partial charge on any atom is 0.137 e. The number of hydrogen-bond acceptors (Lipinski definition) is 4. The van der Waals surface area contributed by atoms with Crippen LogP contribution in [0.15, 0.2) is 36.7 Å². The summed E-state index contributed by atoms with van der Waals surface area (Å²) in [5.41, 5.74) is 0. The first-order valence-corrected chi connectivity index (χ1v) is 8.89. The fourth-order valence-electron chi connectivity index (χ4n) is 3.37. The molecule has 3 rings (SSSR count). The Morgan fingerprint density at radius 2 is 2.00 bits per heavy atom. The quantitative estimate of drug-likeness (QED) is 0.783. The molecule has 0 spiro atoms. The zero-order valence-electron chi connectivity index (χ0n) is 14.6. The van der Waals surface area contributed by atoms with Crippen LogP contribution in [0.2, 0.25) is 0 Å². The van der Waals surface area contributed by atoms with E-state index in [0.29, 0.717) is 12.4 Å². The lowest BCUT2D eigenvalue weighted by Crippen LogP contribution is -2.37. The Labute approximate surface area is 148 Å². The summed E-state index contributed by atoms with van der Waals surface area (Å²) in [6.45, 7) is 3.58. The highest BCUT2D eigenvalue weighted by molar-refractivity contribution is 5.21. The number of aliphatic hydroxyl groups excluding tert-OH is 1. The number of aromatic nitrogens is 2. The highest BCUT2D eigenvalue weighted by Gasteiger charge is 2.28. The Hall–Kier alpha value is -1.92. The Morgan fingerprint density at radius 3 is 2.64 bits per heavy atom. The third-order valence-electron chi connectivity index (χ3n) is 4.90. The first kappa shape index (κ1) is 17.9. The number of benzene rings is 1. The van der Waals surface area contributed by atoms with Crippen LogP contribution >= 0.6 is 0 Å². The van der Waals surface area contributed by atoms with Gasteiger partial charge >= 0.3 is 0 Å². The molecule has 1 N–H and O–H groups in total. The molecule has 2 aromatic rings. The molecule has 2 heterocycles. The lowest BCUT2D eigenvalue weighted by Gasteiger charge is -2.34. The molecule has 0 saturated carbocycles. The van der Waals surface area contributed by atoms with Crippen molar-refractivity contribution < 1.29 is 14.2 Å². The average molecular weight is 347 g/mol. The number of piperidine rings is 1. The first-order valence-electron chi connectivity index (χ1n) is 8.89. The van der Waals surface area contributed by atoms with Crippen LogP contribution in [0.25, 0.3) is 0 Å². The maximum atomic E-state index is 12.8. The summed E-state index contributed by atoms with van der Waals surface area (Å²) in [4.78, 5) is 6.68. The second kappa shape index (κ2) is 8.45. The van der Waals surface area contributed by atoms with Crippen molar-refractivity contribution in [2.75, 3.05) is 26.2 Å². The monoisotopic (exact) mass is 347 g/mol. The molecular weight excluding hydrogens is 321 g/mol. The number of halogens is 1. The van der Waals surface area contributed by atoms with Gasteiger partial charge in [0, 0.05) is 26.0 Å². The molecule has 5 nitrogen and oxygen atoms in total. The van der Waals surface area contributed by atoms with Gasteiger partial charge in [0.1, 0.15) is 23.5 Å². The van der Waals surface area contributed by atoms with Gasteiger partial charge in [0.05, 0.1) is 6.61 Å². The topological polar surface area (TPSA) is 50.5 Å². The van der Waals surface area contributed by atoms with Gasteiger partial charge in [-0.05, 0) is 62.5 Å². The molecule has 25 heavy (non-hydrogen) atoms. The SMILES string of the molecule is Cn1ccnc1C(O)C1CCN(CCCOc2ccc(F)cc2)CC1. The Kier molecular flexibility index (Phi) is 6.04. The number of imidazole rings is 1. The van der Waals surface area contributed by atoms with E-state index in [0.717, 1.165) is 44.7 Å². The van der Waals surface area contributed by atoms with Crippen molar-refractivity contribution in [3.63, 3.8) is 0 Å². The van der Waals surface area contributed by atoms with Gasteiger partial charge in [0.25, 0.3) is 0 Å². The van der Waals surface area contributed by atoms with E-state index in [1.165, 1.54) is 12.1 Å². The number of nitrogens with zero attached hydrogens (tertiary/aromatic N) is 3. The Balaban J connectivity index is 1.35. The van der Waals surface area contributed by atoms with Gasteiger partial charge in [0.15, 0.2) is 0 Å². The second-order valence-electron chi connectivity index (χ2n) is 6.68. The minimum Gasteiger partial charge on any atom is -0.494 e. The molecule has 1 unspecified atom stereocenters. The molecule has 1 saturated heterocycles. The fourth-order valence-corrected chi connectivity index (χ4v) is 3.37. The molecule has 0 bridgehead atoms. The minimum absolute atomic E-state index is 0.247. The van der Waals surface area contributed by atoms with E-state index in [9.17, 15) is 9.50 Å². The highest BCUT2D eigenvalue weighted by Crippen LogP contribution is 2.29. The predicted octanol–water partition coefficient (Wildman–Crippen LogP) is 2.77. The number of likely N-dealkylation sites (tertiary alicyclic amines) is 1. The standard InChI is InChI=1S/C19H26FN3O2/c1-22-13-9-21-19(22)18(24)15-7-11-23(12-8-15)10-2-14-25-17-5-3-16(20)4-6-17/h3-6,9,13,15,18,24H,2,7-8,10-12,14H2,1H3. The van der Waals surface area contributed by atoms with Gasteiger partial charge in [-0.25, -0.2) is 9.37 Å². The zero-order chi connectivity index (χ0) is 17.6. The maximum absolute atomic E-state index is 12.8. The van der Waals surface area contributed by atoms with E-state index in [-0.39, 0.29) is 11.7 Å². The number of aliphatic hydroxyl groups is 1. The lowest BCUT2D eigenvalue weighted by molar-refractivity contribution is 0.0499. The molecule has 1 aromatic heterocycles. The van der Waals surface area contributed by atoms with Gasteiger partial charge in [0.2, 0.25) is 0 Å². The molecule has 1 atom stereocenters. The number of aryl methyl sites for hydroxylation is 1. The molecule has 136 valence electrons. The van der Waals surface area contributed by atoms with Crippen LogP contribution in [0.4, 0.5) is 4.39 Å². The molecule has 1 aromatic carbocycles. The summed E-state index contributed by atoms with van der Waals surface area (Å²) in [7, 11) is 1.92. The largest absolute Gasteiger partial charge is 0.494 e. The Bertz CT molecular complexity index is 651. The van der Waals surface area contributed by atoms with Gasteiger partial charge < -0.3 is 19.3 Å². The summed E-state index contributed by atoms with van der Waals surface area (Å²) in [6.07, 6.45) is 6.01. The summed E-state index contributed by atoms with van der Waals surface area (Å²) in [5.74, 6) is 1.49. The molecule has 1 aliphatic rings. The van der Waals surface area contributed by atoms with E-state index in [4.69, 9.17) is 4.74 Å². The average Bonchev–Trinajstić information content (AvgIpc) is 3.06. The van der Waals surface area contributed by atoms with E-state index in [2.05, 4.69) is 9.88 Å². The van der Waals surface area contributed by atoms with Crippen LogP contribution in [-0.2, 0) is 7.05 Å². The molecular formula is C19H26FN3O2. The number of ether oxygens (including phenoxy) is 1. The molecule has 6 heteroatoms. The third-order valence-corrected chi connectivity index (χ3v) is 4.90. The number of hydrogen-bond donors (Lipinski definition) is 1. The van der Waals surface area contributed by atoms with Crippen LogP contribution < -0.4 is 4.74 Å². The van der Waals surface area contributed by atoms with Crippen LogP contribution in [0, 0.1) is 11.7 Å². The summed E-state index contributed by atoms with van der Waals surface area (Å²) in [5, 5.41) is 10.5. The lowest BCUT2D eigenvalue weighted by atomic mass is 9.90. The van der Waals surface area contributed by atoms with Crippen molar-refractivity contribution >= 4 is 0 Å². The normalized spacial score (nSPS) is 17.6. The third kappa shape index (κ3) is 4.80. The molecule has 1 aliphatic heterocycles. The van der Waals surface area contributed by atoms with Crippen molar-refractivity contribution in [2.24, 2.45) is 13.0 Å². The van der Waals surface area contributed by atoms with Crippen molar-refractivity contribution in [3.8, 4) is 5.75 Å². The van der Waals surface area contributed by atoms with E-state index >= 15 is 0 Å². The summed E-state index contributed by atoms with van der Waals surface area (Å²) >= 11 is 0. The van der Waals surface area contributed by atoms with Crippen molar-refractivity contribution in [2.45, 2.75) is 25.4 Å². The van der Waals surface area contributed by atoms with E-state index in [1.54, 1.807) is 18.3 Å². The van der Waals surface area contributed by atoms with Crippen LogP contribution in [0.3, 0.4) is 0 Å². The van der Waals surface area contributed by atoms with E-state index in [1.807, 2.05) is 17.8 Å². The predicted molar refractivity (Wildman–Crippen MR) is 93.8 cm³/mol. The van der Waals surface area contributed by atoms with Crippen LogP contribution in [0.5, 0.6) is 5.75 Å². The fraction of sp³-hybridized carbons (Fsp3) is 0.526. The van der Waals surface area contributed by atoms with E-state index < -0.39 is 6.10 Å². The highest BCUT2D eigenvalue weighted by atomic mass is 19.1. The molecule has 0 radical (unpaired) electrons. The van der Waals surface area contributed by atoms with Gasteiger partial charge in [-0.15, -0.1) is 0 Å². The smallest absolute Gasteiger partial charge is 0.137 e. The van der Waals surface area contributed by atoms with Gasteiger partial charge in [-0.1, -0.05) is 0 Å². The van der Waals surface area contributed by atoms with Gasteiger partial charge in [-0.3, -0.25) is 0 Å². The van der Waals surface area contributed by atoms with Gasteiger partial charge in [-0.2, -0.15) is 0 Å². The molecule has 0 aliphatic carbocycles. The van der Waals surface area contributed by atoms with Crippen molar-refractivity contribution in [1.29, 1.82) is 0 Å². The molecule has 1 fully saturated rings. The second-order valence-corrected chi connectivity index (χ2v) is 6.68. The summed E-state index contributed by atoms with van der Waals surface area (Å²) in [6, 6.07) is 6.12. The van der Waals surface area contributed by atoms with Crippen LogP contribution in [-0.4, -0.2) is 45.8 Å². The summed E-state index contributed by atoms with van der Waals surface area (Å²) < 4.78 is 20.4. The minimum atomic E-state index is -0.482. The van der Waals surface area contributed by atoms with Crippen molar-refractivity contribution in [1.82, 2.24) is 14.5 Å². The van der Waals surface area contributed by atoms with Crippen molar-refractivity contribution in [3.05, 3.63) is 48.3 Å². The Morgan fingerprint density at radius 1 is 1.28 bits per heavy atom. The first-order chi connectivity index (χ1) is 12.1. The molecule has 0 amide bonds. The van der Waals surface area contributed by atoms with Crippen LogP contribution in [0.1, 0.15) is 31.2 Å². The number of rotatable bonds is 7. The zero-order valence-corrected chi connectivity index (χ0v) is 14.6.